The van der Waals surface area contributed by atoms with E-state index in [4.69, 9.17) is 17.3 Å². The van der Waals surface area contributed by atoms with Crippen LogP contribution >= 0.6 is 11.6 Å². The molecule has 0 fully saturated rings. The number of imidazole rings is 1. The molecule has 0 unspecified atom stereocenters. The van der Waals surface area contributed by atoms with E-state index >= 15 is 0 Å². The summed E-state index contributed by atoms with van der Waals surface area (Å²) in [7, 11) is 0. The maximum atomic E-state index is 6.26. The van der Waals surface area contributed by atoms with Gasteiger partial charge in [0.15, 0.2) is 0 Å². The number of benzene rings is 2. The SMILES string of the molecule is Cc1cc(Cl)ccc1-c1ncn(Cc2ccccc2)c1N. The molecule has 3 rings (SSSR count). The van der Waals surface area contributed by atoms with Crippen molar-refractivity contribution in [1.82, 2.24) is 9.55 Å². The molecule has 1 heterocycles. The van der Waals surface area contributed by atoms with Crippen LogP contribution < -0.4 is 5.73 Å². The van der Waals surface area contributed by atoms with Crippen molar-refractivity contribution in [3.05, 3.63) is 71.0 Å². The van der Waals surface area contributed by atoms with E-state index in [0.717, 1.165) is 21.8 Å². The molecule has 0 aliphatic rings. The van der Waals surface area contributed by atoms with Gasteiger partial charge in [0.25, 0.3) is 0 Å². The average molecular weight is 298 g/mol. The summed E-state index contributed by atoms with van der Waals surface area (Å²) >= 11 is 6.00. The van der Waals surface area contributed by atoms with Gasteiger partial charge in [-0.2, -0.15) is 0 Å². The van der Waals surface area contributed by atoms with Crippen molar-refractivity contribution in [1.29, 1.82) is 0 Å². The van der Waals surface area contributed by atoms with Crippen molar-refractivity contribution in [2.45, 2.75) is 13.5 Å². The molecule has 4 heteroatoms. The maximum Gasteiger partial charge on any atom is 0.131 e. The molecular formula is C17H16ClN3. The van der Waals surface area contributed by atoms with Crippen LogP contribution in [0.2, 0.25) is 5.02 Å². The smallest absolute Gasteiger partial charge is 0.131 e. The standard InChI is InChI=1S/C17H16ClN3/c1-12-9-14(18)7-8-15(12)16-17(19)21(11-20-16)10-13-5-3-2-4-6-13/h2-9,11H,10,19H2,1H3. The van der Waals surface area contributed by atoms with Gasteiger partial charge in [-0.3, -0.25) is 0 Å². The van der Waals surface area contributed by atoms with Gasteiger partial charge in [0.1, 0.15) is 11.5 Å². The number of anilines is 1. The van der Waals surface area contributed by atoms with Crippen molar-refractivity contribution in [3.63, 3.8) is 0 Å². The van der Waals surface area contributed by atoms with Crippen molar-refractivity contribution in [3.8, 4) is 11.3 Å². The topological polar surface area (TPSA) is 43.8 Å². The molecule has 0 bridgehead atoms. The Kier molecular flexibility index (Phi) is 3.67. The number of nitrogens with two attached hydrogens (primary N) is 1. The van der Waals surface area contributed by atoms with E-state index in [9.17, 15) is 0 Å². The summed E-state index contributed by atoms with van der Waals surface area (Å²) in [6.45, 7) is 2.73. The predicted octanol–water partition coefficient (Wildman–Crippen LogP) is 4.14. The van der Waals surface area contributed by atoms with Crippen LogP contribution in [0.5, 0.6) is 0 Å². The number of halogens is 1. The molecule has 0 aliphatic heterocycles. The highest BCUT2D eigenvalue weighted by Crippen LogP contribution is 2.29. The zero-order chi connectivity index (χ0) is 14.8. The third-order valence-electron chi connectivity index (χ3n) is 3.52. The van der Waals surface area contributed by atoms with E-state index in [1.54, 1.807) is 6.33 Å². The maximum absolute atomic E-state index is 6.26. The highest BCUT2D eigenvalue weighted by Gasteiger charge is 2.12. The quantitative estimate of drug-likeness (QED) is 0.789. The molecule has 0 saturated heterocycles. The normalized spacial score (nSPS) is 10.8. The lowest BCUT2D eigenvalue weighted by Gasteiger charge is -2.08. The first-order valence-electron chi connectivity index (χ1n) is 6.76. The number of hydrogen-bond donors (Lipinski definition) is 1. The Morgan fingerprint density at radius 3 is 2.62 bits per heavy atom. The largest absolute Gasteiger partial charge is 0.383 e. The van der Waals surface area contributed by atoms with Gasteiger partial charge in [-0.05, 0) is 30.2 Å². The zero-order valence-electron chi connectivity index (χ0n) is 11.8. The molecule has 1 aromatic heterocycles. The third-order valence-corrected chi connectivity index (χ3v) is 3.75. The lowest BCUT2D eigenvalue weighted by molar-refractivity contribution is 0.808. The number of rotatable bonds is 3. The fourth-order valence-electron chi connectivity index (χ4n) is 2.40. The van der Waals surface area contributed by atoms with Gasteiger partial charge in [0.2, 0.25) is 0 Å². The van der Waals surface area contributed by atoms with Crippen molar-refractivity contribution in [2.24, 2.45) is 0 Å². The van der Waals surface area contributed by atoms with Crippen LogP contribution in [0.4, 0.5) is 5.82 Å². The average Bonchev–Trinajstić information content (AvgIpc) is 2.82. The molecule has 2 aromatic carbocycles. The van der Waals surface area contributed by atoms with Gasteiger partial charge in [0, 0.05) is 10.6 Å². The molecule has 0 atom stereocenters. The Morgan fingerprint density at radius 1 is 1.14 bits per heavy atom. The minimum Gasteiger partial charge on any atom is -0.383 e. The Labute approximate surface area is 129 Å². The Balaban J connectivity index is 1.96. The van der Waals surface area contributed by atoms with Gasteiger partial charge in [-0.15, -0.1) is 0 Å². The van der Waals surface area contributed by atoms with Crippen LogP contribution in [-0.2, 0) is 6.54 Å². The molecule has 3 aromatic rings. The number of aryl methyl sites for hydroxylation is 1. The first kappa shape index (κ1) is 13.7. The molecular weight excluding hydrogens is 282 g/mol. The molecule has 21 heavy (non-hydrogen) atoms. The van der Waals surface area contributed by atoms with Gasteiger partial charge in [-0.1, -0.05) is 48.0 Å². The molecule has 0 aliphatic carbocycles. The lowest BCUT2D eigenvalue weighted by atomic mass is 10.1. The molecule has 0 radical (unpaired) electrons. The van der Waals surface area contributed by atoms with Crippen molar-refractivity contribution in [2.75, 3.05) is 5.73 Å². The molecule has 2 N–H and O–H groups in total. The van der Waals surface area contributed by atoms with Crippen LogP contribution in [0.25, 0.3) is 11.3 Å². The van der Waals surface area contributed by atoms with Gasteiger partial charge < -0.3 is 10.3 Å². The van der Waals surface area contributed by atoms with Crippen LogP contribution in [0.15, 0.2) is 54.9 Å². The van der Waals surface area contributed by atoms with E-state index in [0.29, 0.717) is 12.4 Å². The summed E-state index contributed by atoms with van der Waals surface area (Å²) in [5.74, 6) is 0.671. The first-order chi connectivity index (χ1) is 10.1. The zero-order valence-corrected chi connectivity index (χ0v) is 12.5. The van der Waals surface area contributed by atoms with Crippen molar-refractivity contribution < 1.29 is 0 Å². The summed E-state index contributed by atoms with van der Waals surface area (Å²) in [4.78, 5) is 4.47. The fraction of sp³-hybridized carbons (Fsp3) is 0.118. The highest BCUT2D eigenvalue weighted by molar-refractivity contribution is 6.30. The minimum absolute atomic E-state index is 0.671. The van der Waals surface area contributed by atoms with Gasteiger partial charge in [-0.25, -0.2) is 4.98 Å². The second-order valence-electron chi connectivity index (χ2n) is 5.05. The predicted molar refractivity (Wildman–Crippen MR) is 87.4 cm³/mol. The monoisotopic (exact) mass is 297 g/mol. The first-order valence-corrected chi connectivity index (χ1v) is 7.14. The highest BCUT2D eigenvalue weighted by atomic mass is 35.5. The van der Waals surface area contributed by atoms with Crippen LogP contribution in [-0.4, -0.2) is 9.55 Å². The van der Waals surface area contributed by atoms with E-state index < -0.39 is 0 Å². The van der Waals surface area contributed by atoms with Crippen LogP contribution in [0, 0.1) is 6.92 Å². The summed E-state index contributed by atoms with van der Waals surface area (Å²) in [6, 6.07) is 15.9. The Hall–Kier alpha value is -2.26. The summed E-state index contributed by atoms with van der Waals surface area (Å²) in [6.07, 6.45) is 1.78. The van der Waals surface area contributed by atoms with Crippen LogP contribution in [0.1, 0.15) is 11.1 Å². The van der Waals surface area contributed by atoms with Gasteiger partial charge >= 0.3 is 0 Å². The van der Waals surface area contributed by atoms with Gasteiger partial charge in [0.05, 0.1) is 12.9 Å². The summed E-state index contributed by atoms with van der Waals surface area (Å²) in [5, 5.41) is 0.721. The molecule has 106 valence electrons. The third kappa shape index (κ3) is 2.78. The summed E-state index contributed by atoms with van der Waals surface area (Å²) < 4.78 is 1.96. The van der Waals surface area contributed by atoms with Crippen molar-refractivity contribution >= 4 is 17.4 Å². The molecule has 0 spiro atoms. The second-order valence-corrected chi connectivity index (χ2v) is 5.49. The van der Waals surface area contributed by atoms with E-state index in [1.165, 1.54) is 5.56 Å². The number of nitrogens with zero attached hydrogens (tertiary/aromatic N) is 2. The van der Waals surface area contributed by atoms with E-state index in [2.05, 4.69) is 17.1 Å². The second kappa shape index (κ2) is 5.62. The number of nitrogen functional groups attached to an aromatic ring is 1. The number of hydrogen-bond acceptors (Lipinski definition) is 2. The van der Waals surface area contributed by atoms with Crippen LogP contribution in [0.3, 0.4) is 0 Å². The number of aromatic nitrogens is 2. The van der Waals surface area contributed by atoms with E-state index in [1.807, 2.05) is 47.9 Å². The minimum atomic E-state index is 0.671. The molecule has 3 nitrogen and oxygen atoms in total. The Bertz CT molecular complexity index is 763. The molecule has 0 amide bonds. The fourth-order valence-corrected chi connectivity index (χ4v) is 2.62. The lowest BCUT2D eigenvalue weighted by Crippen LogP contribution is -2.03. The van der Waals surface area contributed by atoms with E-state index in [-0.39, 0.29) is 0 Å². The summed E-state index contributed by atoms with van der Waals surface area (Å²) in [5.41, 5.74) is 10.3. The Morgan fingerprint density at radius 2 is 1.90 bits per heavy atom. The molecule has 0 saturated carbocycles.